The first-order chi connectivity index (χ1) is 13.1. The molecule has 4 N–H and O–H groups in total. The summed E-state index contributed by atoms with van der Waals surface area (Å²) in [5.41, 5.74) is 5.48. The number of hydrogen-bond donors (Lipinski definition) is 3. The van der Waals surface area contributed by atoms with Crippen LogP contribution in [0.2, 0.25) is 0 Å². The maximum Gasteiger partial charge on any atom is 0.408 e. The predicted molar refractivity (Wildman–Crippen MR) is 103 cm³/mol. The van der Waals surface area contributed by atoms with E-state index in [1.54, 1.807) is 27.0 Å². The molecule has 156 valence electrons. The predicted octanol–water partition coefficient (Wildman–Crippen LogP) is 1.27. The maximum atomic E-state index is 13.1. The molecule has 1 aliphatic rings. The molecule has 1 saturated heterocycles. The first kappa shape index (κ1) is 21.7. The van der Waals surface area contributed by atoms with E-state index in [1.807, 2.05) is 0 Å². The van der Waals surface area contributed by atoms with E-state index in [0.717, 1.165) is 24.4 Å². The fourth-order valence-corrected chi connectivity index (χ4v) is 3.27. The number of hydrogen-bond acceptors (Lipinski definition) is 5. The molecule has 0 unspecified atom stereocenters. The van der Waals surface area contributed by atoms with Crippen LogP contribution in [-0.4, -0.2) is 57.0 Å². The Balaban J connectivity index is 2.17. The summed E-state index contributed by atoms with van der Waals surface area (Å²) in [6, 6.07) is -1.53. The summed E-state index contributed by atoms with van der Waals surface area (Å²) in [6.45, 7) is 7.73. The van der Waals surface area contributed by atoms with Crippen LogP contribution in [0.25, 0.3) is 0 Å². The fraction of sp³-hybridized carbons (Fsp3) is 0.684. The monoisotopic (exact) mass is 393 g/mol. The summed E-state index contributed by atoms with van der Waals surface area (Å²) in [4.78, 5) is 46.0. The molecular weight excluding hydrogens is 362 g/mol. The highest BCUT2D eigenvalue weighted by molar-refractivity contribution is 5.91. The summed E-state index contributed by atoms with van der Waals surface area (Å²) in [7, 11) is 0. The zero-order valence-corrected chi connectivity index (χ0v) is 17.1. The molecular formula is C19H31N5O4. The highest BCUT2D eigenvalue weighted by Crippen LogP contribution is 2.19. The van der Waals surface area contributed by atoms with Gasteiger partial charge in [0.2, 0.25) is 11.8 Å². The number of amides is 3. The lowest BCUT2D eigenvalue weighted by atomic mass is 10.1. The third-order valence-electron chi connectivity index (χ3n) is 4.45. The van der Waals surface area contributed by atoms with Crippen LogP contribution in [0.4, 0.5) is 4.79 Å². The van der Waals surface area contributed by atoms with Crippen molar-refractivity contribution in [2.45, 2.75) is 77.5 Å². The first-order valence-corrected chi connectivity index (χ1v) is 9.72. The molecule has 9 heteroatoms. The standard InChI is InChI=1S/C19H31N5O4/c1-5-7-15-21-11-12(22-15)10-13(23-18(27)28-19(2,3)4)17(26)24-9-6-8-14(24)16(20)25/h11,13-14H,5-10H2,1-4H3,(H2,20,25)(H,21,22)(H,23,27)/t13-,14-/m0/s1. The van der Waals surface area contributed by atoms with Gasteiger partial charge in [-0.05, 0) is 40.0 Å². The average molecular weight is 393 g/mol. The van der Waals surface area contributed by atoms with E-state index in [9.17, 15) is 14.4 Å². The third-order valence-corrected chi connectivity index (χ3v) is 4.45. The Bertz CT molecular complexity index is 709. The van der Waals surface area contributed by atoms with E-state index in [-0.39, 0.29) is 12.3 Å². The number of primary amides is 1. The second-order valence-corrected chi connectivity index (χ2v) is 8.10. The summed E-state index contributed by atoms with van der Waals surface area (Å²) in [5.74, 6) is -0.0513. The number of aromatic amines is 1. The molecule has 1 fully saturated rings. The lowest BCUT2D eigenvalue weighted by Crippen LogP contribution is -2.54. The van der Waals surface area contributed by atoms with Crippen LogP contribution in [-0.2, 0) is 27.2 Å². The van der Waals surface area contributed by atoms with Crippen LogP contribution in [0.5, 0.6) is 0 Å². The number of aromatic nitrogens is 2. The van der Waals surface area contributed by atoms with E-state index in [2.05, 4.69) is 22.2 Å². The Morgan fingerprint density at radius 2 is 2.14 bits per heavy atom. The molecule has 0 aromatic carbocycles. The highest BCUT2D eigenvalue weighted by atomic mass is 16.6. The van der Waals surface area contributed by atoms with Crippen LogP contribution in [0.15, 0.2) is 6.20 Å². The summed E-state index contributed by atoms with van der Waals surface area (Å²) < 4.78 is 5.30. The molecule has 1 aromatic heterocycles. The molecule has 3 amide bonds. The van der Waals surface area contributed by atoms with Crippen molar-refractivity contribution in [2.24, 2.45) is 5.73 Å². The van der Waals surface area contributed by atoms with Crippen LogP contribution in [0.3, 0.4) is 0 Å². The van der Waals surface area contributed by atoms with E-state index in [1.165, 1.54) is 4.90 Å². The molecule has 1 aromatic rings. The zero-order chi connectivity index (χ0) is 20.9. The quantitative estimate of drug-likeness (QED) is 0.642. The van der Waals surface area contributed by atoms with E-state index < -0.39 is 29.7 Å². The number of rotatable bonds is 7. The lowest BCUT2D eigenvalue weighted by molar-refractivity contribution is -0.139. The third kappa shape index (κ3) is 5.97. The molecule has 0 spiro atoms. The summed E-state index contributed by atoms with van der Waals surface area (Å²) in [6.07, 6.45) is 4.17. The van der Waals surface area contributed by atoms with Gasteiger partial charge in [0.05, 0.1) is 0 Å². The van der Waals surface area contributed by atoms with Gasteiger partial charge < -0.3 is 25.7 Å². The minimum atomic E-state index is -0.885. The fourth-order valence-electron chi connectivity index (χ4n) is 3.27. The number of aryl methyl sites for hydroxylation is 1. The van der Waals surface area contributed by atoms with Crippen molar-refractivity contribution in [1.82, 2.24) is 20.2 Å². The number of H-pyrrole nitrogens is 1. The first-order valence-electron chi connectivity index (χ1n) is 9.72. The molecule has 9 nitrogen and oxygen atoms in total. The van der Waals surface area contributed by atoms with Crippen molar-refractivity contribution in [2.75, 3.05) is 6.54 Å². The normalized spacial score (nSPS) is 18.0. The van der Waals surface area contributed by atoms with Gasteiger partial charge in [0.25, 0.3) is 0 Å². The van der Waals surface area contributed by atoms with Crippen molar-refractivity contribution in [1.29, 1.82) is 0 Å². The lowest BCUT2D eigenvalue weighted by Gasteiger charge is -2.28. The van der Waals surface area contributed by atoms with E-state index >= 15 is 0 Å². The number of alkyl carbamates (subject to hydrolysis) is 1. The molecule has 0 saturated carbocycles. The average Bonchev–Trinajstić information content (AvgIpc) is 3.21. The molecule has 2 heterocycles. The number of nitrogens with one attached hydrogen (secondary N) is 2. The molecule has 2 rings (SSSR count). The Labute approximate surface area is 165 Å². The second kappa shape index (κ2) is 9.07. The molecule has 1 aliphatic heterocycles. The van der Waals surface area contributed by atoms with Gasteiger partial charge >= 0.3 is 6.09 Å². The van der Waals surface area contributed by atoms with Crippen molar-refractivity contribution in [3.63, 3.8) is 0 Å². The Morgan fingerprint density at radius 1 is 1.43 bits per heavy atom. The van der Waals surface area contributed by atoms with Gasteiger partial charge in [-0.3, -0.25) is 9.59 Å². The number of likely N-dealkylation sites (tertiary alicyclic amines) is 1. The van der Waals surface area contributed by atoms with E-state index in [4.69, 9.17) is 10.5 Å². The minimum Gasteiger partial charge on any atom is -0.444 e. The van der Waals surface area contributed by atoms with Gasteiger partial charge in [0, 0.05) is 31.3 Å². The topological polar surface area (TPSA) is 130 Å². The van der Waals surface area contributed by atoms with Gasteiger partial charge in [-0.1, -0.05) is 6.92 Å². The zero-order valence-electron chi connectivity index (χ0n) is 17.1. The Kier molecular flexibility index (Phi) is 7.04. The van der Waals surface area contributed by atoms with Gasteiger partial charge in [-0.15, -0.1) is 0 Å². The van der Waals surface area contributed by atoms with Gasteiger partial charge in [-0.2, -0.15) is 0 Å². The van der Waals surface area contributed by atoms with Gasteiger partial charge in [0.1, 0.15) is 23.5 Å². The van der Waals surface area contributed by atoms with Crippen LogP contribution >= 0.6 is 0 Å². The van der Waals surface area contributed by atoms with Crippen molar-refractivity contribution in [3.8, 4) is 0 Å². The van der Waals surface area contributed by atoms with Crippen LogP contribution in [0.1, 0.15) is 58.5 Å². The number of imidazole rings is 1. The minimum absolute atomic E-state index is 0.219. The van der Waals surface area contributed by atoms with Gasteiger partial charge in [0.15, 0.2) is 0 Å². The van der Waals surface area contributed by atoms with Crippen molar-refractivity contribution >= 4 is 17.9 Å². The number of ether oxygens (including phenoxy) is 1. The molecule has 0 bridgehead atoms. The second-order valence-electron chi connectivity index (χ2n) is 8.10. The maximum absolute atomic E-state index is 13.1. The van der Waals surface area contributed by atoms with E-state index in [0.29, 0.717) is 19.4 Å². The highest BCUT2D eigenvalue weighted by Gasteiger charge is 2.37. The molecule has 0 aliphatic carbocycles. The summed E-state index contributed by atoms with van der Waals surface area (Å²) >= 11 is 0. The van der Waals surface area contributed by atoms with Crippen molar-refractivity contribution in [3.05, 3.63) is 17.7 Å². The smallest absolute Gasteiger partial charge is 0.408 e. The Hall–Kier alpha value is -2.58. The number of carbonyl (C=O) groups is 3. The van der Waals surface area contributed by atoms with Crippen LogP contribution in [0, 0.1) is 0 Å². The number of nitrogens with two attached hydrogens (primary N) is 1. The molecule has 0 radical (unpaired) electrons. The number of carbonyl (C=O) groups excluding carboxylic acids is 3. The van der Waals surface area contributed by atoms with Crippen LogP contribution < -0.4 is 11.1 Å². The molecule has 2 atom stereocenters. The number of nitrogens with zero attached hydrogens (tertiary/aromatic N) is 2. The SMILES string of the molecule is CCCc1ncc(C[C@H](NC(=O)OC(C)(C)C)C(=O)N2CCC[C@H]2C(N)=O)[nH]1. The largest absolute Gasteiger partial charge is 0.444 e. The van der Waals surface area contributed by atoms with Gasteiger partial charge in [-0.25, -0.2) is 9.78 Å². The summed E-state index contributed by atoms with van der Waals surface area (Å²) in [5, 5.41) is 2.65. The molecule has 28 heavy (non-hydrogen) atoms. The van der Waals surface area contributed by atoms with Crippen molar-refractivity contribution < 1.29 is 19.1 Å². The Morgan fingerprint density at radius 3 is 2.75 bits per heavy atom.